The van der Waals surface area contributed by atoms with Crippen LogP contribution in [0.3, 0.4) is 0 Å². The van der Waals surface area contributed by atoms with Crippen LogP contribution in [0.1, 0.15) is 58.3 Å². The molecule has 43 heavy (non-hydrogen) atoms. The Labute approximate surface area is 251 Å². The molecule has 0 bridgehead atoms. The van der Waals surface area contributed by atoms with Crippen LogP contribution < -0.4 is 9.62 Å². The van der Waals surface area contributed by atoms with Crippen LogP contribution in [-0.4, -0.2) is 63.6 Å². The van der Waals surface area contributed by atoms with Crippen LogP contribution in [0.15, 0.2) is 65.2 Å². The van der Waals surface area contributed by atoms with Crippen molar-refractivity contribution in [2.45, 2.75) is 38.0 Å². The Morgan fingerprint density at radius 2 is 1.88 bits per heavy atom. The Morgan fingerprint density at radius 3 is 2.56 bits per heavy atom. The molecule has 1 saturated carbocycles. The van der Waals surface area contributed by atoms with Gasteiger partial charge in [0.15, 0.2) is 0 Å². The molecule has 4 aromatic rings. The molecule has 2 aromatic carbocycles. The number of aryl methyl sites for hydroxylation is 1. The molecular weight excluding hydrogens is 564 g/mol. The second-order valence-electron chi connectivity index (χ2n) is 11.7. The molecule has 0 radical (unpaired) electrons. The summed E-state index contributed by atoms with van der Waals surface area (Å²) < 4.78 is 33.1. The van der Waals surface area contributed by atoms with Gasteiger partial charge < -0.3 is 14.6 Å². The summed E-state index contributed by atoms with van der Waals surface area (Å²) in [4.78, 5) is 33.2. The number of likely N-dealkylation sites (tertiary alicyclic amines) is 1. The number of rotatable bonds is 7. The maximum Gasteiger partial charge on any atom is 0.255 e. The number of amides is 2. The van der Waals surface area contributed by atoms with E-state index in [2.05, 4.69) is 10.3 Å². The van der Waals surface area contributed by atoms with Crippen molar-refractivity contribution in [1.82, 2.24) is 15.2 Å². The minimum atomic E-state index is -3.61. The molecule has 9 nitrogen and oxygen atoms in total. The molecule has 3 heterocycles. The van der Waals surface area contributed by atoms with Crippen molar-refractivity contribution in [3.8, 4) is 11.3 Å². The number of piperidine rings is 1. The van der Waals surface area contributed by atoms with Crippen molar-refractivity contribution >= 4 is 38.5 Å². The lowest BCUT2D eigenvalue weighted by Crippen LogP contribution is -2.40. The van der Waals surface area contributed by atoms with Crippen molar-refractivity contribution < 1.29 is 22.4 Å². The van der Waals surface area contributed by atoms with Crippen molar-refractivity contribution in [3.05, 3.63) is 83.2 Å². The quantitative estimate of drug-likeness (QED) is 0.317. The van der Waals surface area contributed by atoms with E-state index in [1.165, 1.54) is 17.6 Å². The number of anilines is 1. The van der Waals surface area contributed by atoms with Crippen LogP contribution in [0.4, 0.5) is 5.69 Å². The minimum absolute atomic E-state index is 0.0833. The minimum Gasteiger partial charge on any atom is -0.455 e. The summed E-state index contributed by atoms with van der Waals surface area (Å²) >= 11 is 0. The van der Waals surface area contributed by atoms with Gasteiger partial charge >= 0.3 is 0 Å². The van der Waals surface area contributed by atoms with E-state index in [9.17, 15) is 18.0 Å². The van der Waals surface area contributed by atoms with Gasteiger partial charge in [0, 0.05) is 73.8 Å². The molecule has 1 aliphatic carbocycles. The number of carbonyl (C=O) groups is 2. The van der Waals surface area contributed by atoms with Crippen molar-refractivity contribution in [2.75, 3.05) is 37.7 Å². The third-order valence-electron chi connectivity index (χ3n) is 8.79. The molecule has 1 saturated heterocycles. The SMILES string of the molecule is CNC(=O)c1c(-c2ccc(C)cc2)oc2cc(N(C)S(C)(=O)=O)c([C@@H]3CCCN(C(=O)C4CC4c4ccccn4)C3)cc12. The third kappa shape index (κ3) is 5.51. The van der Waals surface area contributed by atoms with Crippen LogP contribution in [0, 0.1) is 12.8 Å². The molecule has 10 heteroatoms. The molecule has 0 spiro atoms. The van der Waals surface area contributed by atoms with Gasteiger partial charge in [0.25, 0.3) is 5.91 Å². The number of furan rings is 1. The maximum absolute atomic E-state index is 13.6. The summed E-state index contributed by atoms with van der Waals surface area (Å²) in [7, 11) is -0.512. The van der Waals surface area contributed by atoms with Crippen LogP contribution in [0.25, 0.3) is 22.3 Å². The van der Waals surface area contributed by atoms with E-state index in [0.717, 1.165) is 41.6 Å². The fourth-order valence-electron chi connectivity index (χ4n) is 6.24. The lowest BCUT2D eigenvalue weighted by molar-refractivity contribution is -0.133. The molecule has 6 rings (SSSR count). The fourth-order valence-corrected chi connectivity index (χ4v) is 6.76. The molecule has 224 valence electrons. The first-order chi connectivity index (χ1) is 20.6. The van der Waals surface area contributed by atoms with Gasteiger partial charge in [-0.1, -0.05) is 35.9 Å². The van der Waals surface area contributed by atoms with Crippen LogP contribution in [0.5, 0.6) is 0 Å². The summed E-state index contributed by atoms with van der Waals surface area (Å²) in [5, 5.41) is 3.35. The summed E-state index contributed by atoms with van der Waals surface area (Å²) in [6, 6.07) is 17.1. The van der Waals surface area contributed by atoms with E-state index in [0.29, 0.717) is 41.1 Å². The monoisotopic (exact) mass is 600 g/mol. The van der Waals surface area contributed by atoms with Gasteiger partial charge in [0.05, 0.1) is 17.5 Å². The number of pyridine rings is 1. The first-order valence-electron chi connectivity index (χ1n) is 14.6. The number of aromatic nitrogens is 1. The van der Waals surface area contributed by atoms with Crippen LogP contribution >= 0.6 is 0 Å². The lowest BCUT2D eigenvalue weighted by Gasteiger charge is -2.35. The number of fused-ring (bicyclic) bond motifs is 1. The Morgan fingerprint density at radius 1 is 1.12 bits per heavy atom. The number of nitrogens with zero attached hydrogens (tertiary/aromatic N) is 3. The zero-order valence-corrected chi connectivity index (χ0v) is 25.6. The van der Waals surface area contributed by atoms with E-state index in [1.807, 2.05) is 60.4 Å². The Bertz CT molecular complexity index is 1800. The number of hydrogen-bond donors (Lipinski definition) is 1. The standard InChI is InChI=1S/C33H36N4O5S/c1-20-10-12-21(13-11-20)31-30(32(38)34-2)26-16-23(28(18-29(26)42-31)36(3)43(4,40)41)22-8-7-15-37(19-22)33(39)25-17-24(25)27-9-5-6-14-35-27/h5-6,9-14,16,18,22,24-25H,7-8,15,17,19H2,1-4H3,(H,34,38)/t22-,24?,25?/m1/s1. The van der Waals surface area contributed by atoms with E-state index in [-0.39, 0.29) is 29.6 Å². The van der Waals surface area contributed by atoms with Crippen molar-refractivity contribution in [3.63, 3.8) is 0 Å². The second-order valence-corrected chi connectivity index (χ2v) is 13.7. The highest BCUT2D eigenvalue weighted by Gasteiger charge is 2.47. The highest BCUT2D eigenvalue weighted by atomic mass is 32.2. The van der Waals surface area contributed by atoms with Gasteiger partial charge in [-0.3, -0.25) is 18.9 Å². The Hall–Kier alpha value is -4.18. The molecule has 2 fully saturated rings. The van der Waals surface area contributed by atoms with Gasteiger partial charge in [0.2, 0.25) is 15.9 Å². The smallest absolute Gasteiger partial charge is 0.255 e. The van der Waals surface area contributed by atoms with Crippen LogP contribution in [0.2, 0.25) is 0 Å². The zero-order valence-electron chi connectivity index (χ0n) is 24.8. The molecule has 2 aromatic heterocycles. The van der Waals surface area contributed by atoms with Gasteiger partial charge in [0.1, 0.15) is 11.3 Å². The number of carbonyl (C=O) groups excluding carboxylic acids is 2. The lowest BCUT2D eigenvalue weighted by atomic mass is 9.87. The van der Waals surface area contributed by atoms with E-state index < -0.39 is 10.0 Å². The molecule has 1 N–H and O–H groups in total. The highest BCUT2D eigenvalue weighted by molar-refractivity contribution is 7.92. The van der Waals surface area contributed by atoms with Gasteiger partial charge in [-0.05, 0) is 49.9 Å². The largest absolute Gasteiger partial charge is 0.455 e. The zero-order chi connectivity index (χ0) is 30.5. The normalized spacial score (nSPS) is 20.2. The Kier molecular flexibility index (Phi) is 7.50. The predicted octanol–water partition coefficient (Wildman–Crippen LogP) is 5.07. The predicted molar refractivity (Wildman–Crippen MR) is 167 cm³/mol. The van der Waals surface area contributed by atoms with E-state index >= 15 is 0 Å². The average Bonchev–Trinajstić information content (AvgIpc) is 3.73. The topological polar surface area (TPSA) is 113 Å². The van der Waals surface area contributed by atoms with Crippen molar-refractivity contribution in [2.24, 2.45) is 5.92 Å². The average molecular weight is 601 g/mol. The Balaban J connectivity index is 1.41. The summed E-state index contributed by atoms with van der Waals surface area (Å²) in [6.45, 7) is 3.12. The molecular formula is C33H36N4O5S. The van der Waals surface area contributed by atoms with Gasteiger partial charge in [-0.25, -0.2) is 8.42 Å². The first-order valence-corrected chi connectivity index (χ1v) is 16.4. The molecule has 3 atom stereocenters. The van der Waals surface area contributed by atoms with E-state index in [4.69, 9.17) is 4.42 Å². The van der Waals surface area contributed by atoms with Gasteiger partial charge in [-0.15, -0.1) is 0 Å². The number of nitrogens with one attached hydrogen (secondary N) is 1. The maximum atomic E-state index is 13.6. The second kappa shape index (κ2) is 11.1. The third-order valence-corrected chi connectivity index (χ3v) is 9.98. The van der Waals surface area contributed by atoms with E-state index in [1.54, 1.807) is 19.3 Å². The van der Waals surface area contributed by atoms with Crippen molar-refractivity contribution in [1.29, 1.82) is 0 Å². The first kappa shape index (κ1) is 28.9. The fraction of sp³-hybridized carbons (Fsp3) is 0.364. The summed E-state index contributed by atoms with van der Waals surface area (Å²) in [6.07, 6.45) is 5.29. The molecule has 2 unspecified atom stereocenters. The molecule has 2 aliphatic rings. The number of sulfonamides is 1. The highest BCUT2D eigenvalue weighted by Crippen LogP contribution is 2.49. The molecule has 2 amide bonds. The van der Waals surface area contributed by atoms with Crippen LogP contribution in [-0.2, 0) is 14.8 Å². The number of benzene rings is 2. The number of hydrogen-bond acceptors (Lipinski definition) is 6. The summed E-state index contributed by atoms with van der Waals surface area (Å²) in [5.74, 6) is 0.186. The summed E-state index contributed by atoms with van der Waals surface area (Å²) in [5.41, 5.74) is 4.86. The van der Waals surface area contributed by atoms with Gasteiger partial charge in [-0.2, -0.15) is 0 Å². The molecule has 1 aliphatic heterocycles.